The molecule has 108 valence electrons. The van der Waals surface area contributed by atoms with Gasteiger partial charge in [-0.2, -0.15) is 0 Å². The van der Waals surface area contributed by atoms with Gasteiger partial charge in [0.2, 0.25) is 5.91 Å². The van der Waals surface area contributed by atoms with Crippen molar-refractivity contribution in [2.75, 3.05) is 6.54 Å². The Morgan fingerprint density at radius 3 is 2.53 bits per heavy atom. The van der Waals surface area contributed by atoms with Crippen LogP contribution in [0.5, 0.6) is 0 Å². The molecule has 2 atom stereocenters. The van der Waals surface area contributed by atoms with E-state index < -0.39 is 23.5 Å². The number of carboxylic acids is 1. The summed E-state index contributed by atoms with van der Waals surface area (Å²) in [6.07, 6.45) is 1.15. The number of hydrogen-bond acceptors (Lipinski definition) is 3. The van der Waals surface area contributed by atoms with Crippen molar-refractivity contribution in [3.8, 4) is 0 Å². The zero-order valence-corrected chi connectivity index (χ0v) is 11.4. The van der Waals surface area contributed by atoms with Gasteiger partial charge in [-0.15, -0.1) is 0 Å². The molecule has 7 heteroatoms. The van der Waals surface area contributed by atoms with Gasteiger partial charge in [-0.25, -0.2) is 9.59 Å². The van der Waals surface area contributed by atoms with Gasteiger partial charge in [0, 0.05) is 19.0 Å². The molecule has 1 aliphatic rings. The Kier molecular flexibility index (Phi) is 4.74. The molecule has 1 aliphatic heterocycles. The minimum atomic E-state index is -1.07. The minimum absolute atomic E-state index is 0.0229. The lowest BCUT2D eigenvalue weighted by Crippen LogP contribution is -2.53. The van der Waals surface area contributed by atoms with E-state index in [0.29, 0.717) is 19.4 Å². The third-order valence-corrected chi connectivity index (χ3v) is 2.98. The third-order valence-electron chi connectivity index (χ3n) is 2.98. The molecule has 0 radical (unpaired) electrons. The van der Waals surface area contributed by atoms with E-state index in [2.05, 4.69) is 16.0 Å². The summed E-state index contributed by atoms with van der Waals surface area (Å²) in [5, 5.41) is 16.8. The first-order valence-corrected chi connectivity index (χ1v) is 6.26. The highest BCUT2D eigenvalue weighted by Crippen LogP contribution is 2.19. The van der Waals surface area contributed by atoms with Crippen molar-refractivity contribution in [1.29, 1.82) is 0 Å². The number of rotatable bonds is 4. The SMILES string of the molecule is CC(C)(C)[C@@H](NC(=O)NCC1CCC(=O)N1)C(=O)O. The van der Waals surface area contributed by atoms with E-state index >= 15 is 0 Å². The second kappa shape index (κ2) is 5.90. The lowest BCUT2D eigenvalue weighted by molar-refractivity contribution is -0.141. The van der Waals surface area contributed by atoms with Crippen LogP contribution in [0, 0.1) is 5.41 Å². The van der Waals surface area contributed by atoms with Gasteiger partial charge in [0.15, 0.2) is 0 Å². The molecule has 1 unspecified atom stereocenters. The quantitative estimate of drug-likeness (QED) is 0.580. The molecule has 0 spiro atoms. The minimum Gasteiger partial charge on any atom is -0.480 e. The molecule has 0 aromatic heterocycles. The van der Waals surface area contributed by atoms with Crippen molar-refractivity contribution in [1.82, 2.24) is 16.0 Å². The molecule has 1 rings (SSSR count). The molecule has 1 saturated heterocycles. The zero-order valence-electron chi connectivity index (χ0n) is 11.4. The number of hydrogen-bond donors (Lipinski definition) is 4. The molecule has 1 heterocycles. The largest absolute Gasteiger partial charge is 0.480 e. The molecule has 7 nitrogen and oxygen atoms in total. The predicted octanol–water partition coefficient (Wildman–Crippen LogP) is 0.0635. The second-order valence-corrected chi connectivity index (χ2v) is 5.79. The number of carbonyl (C=O) groups excluding carboxylic acids is 2. The molecule has 0 aliphatic carbocycles. The maximum absolute atomic E-state index is 11.6. The number of urea groups is 1. The smallest absolute Gasteiger partial charge is 0.326 e. The fourth-order valence-corrected chi connectivity index (χ4v) is 1.88. The number of carboxylic acid groups (broad SMARTS) is 1. The first-order valence-electron chi connectivity index (χ1n) is 6.26. The maximum Gasteiger partial charge on any atom is 0.326 e. The summed E-state index contributed by atoms with van der Waals surface area (Å²) >= 11 is 0. The number of carbonyl (C=O) groups is 3. The van der Waals surface area contributed by atoms with Crippen LogP contribution in [0.2, 0.25) is 0 Å². The first-order chi connectivity index (χ1) is 8.70. The average Bonchev–Trinajstić information content (AvgIpc) is 2.67. The molecule has 0 aromatic carbocycles. The van der Waals surface area contributed by atoms with Crippen LogP contribution in [0.25, 0.3) is 0 Å². The normalized spacial score (nSPS) is 20.6. The summed E-state index contributed by atoms with van der Waals surface area (Å²) < 4.78 is 0. The molecule has 3 amide bonds. The van der Waals surface area contributed by atoms with Crippen molar-refractivity contribution in [2.24, 2.45) is 5.41 Å². The molecule has 19 heavy (non-hydrogen) atoms. The van der Waals surface area contributed by atoms with Gasteiger partial charge in [-0.3, -0.25) is 4.79 Å². The van der Waals surface area contributed by atoms with Crippen molar-refractivity contribution < 1.29 is 19.5 Å². The summed E-state index contributed by atoms with van der Waals surface area (Å²) in [4.78, 5) is 33.7. The Morgan fingerprint density at radius 2 is 2.11 bits per heavy atom. The van der Waals surface area contributed by atoms with Crippen molar-refractivity contribution in [3.63, 3.8) is 0 Å². The first kappa shape index (κ1) is 15.3. The lowest BCUT2D eigenvalue weighted by atomic mass is 9.87. The highest BCUT2D eigenvalue weighted by molar-refractivity contribution is 5.83. The fourth-order valence-electron chi connectivity index (χ4n) is 1.88. The standard InChI is InChI=1S/C12H21N3O4/c1-12(2,3)9(10(17)18)15-11(19)13-6-7-4-5-8(16)14-7/h7,9H,4-6H2,1-3H3,(H,14,16)(H,17,18)(H2,13,15,19)/t7?,9-/m0/s1. The van der Waals surface area contributed by atoms with Crippen LogP contribution in [0.3, 0.4) is 0 Å². The summed E-state index contributed by atoms with van der Waals surface area (Å²) in [6.45, 7) is 5.52. The van der Waals surface area contributed by atoms with E-state index in [9.17, 15) is 14.4 Å². The van der Waals surface area contributed by atoms with Crippen LogP contribution in [-0.2, 0) is 9.59 Å². The highest BCUT2D eigenvalue weighted by atomic mass is 16.4. The topological polar surface area (TPSA) is 108 Å². The molecular weight excluding hydrogens is 250 g/mol. The van der Waals surface area contributed by atoms with Gasteiger partial charge >= 0.3 is 12.0 Å². The predicted molar refractivity (Wildman–Crippen MR) is 68.6 cm³/mol. The van der Waals surface area contributed by atoms with E-state index in [1.54, 1.807) is 20.8 Å². The van der Waals surface area contributed by atoms with Crippen LogP contribution in [0.1, 0.15) is 33.6 Å². The Balaban J connectivity index is 2.41. The van der Waals surface area contributed by atoms with Crippen LogP contribution in [0.15, 0.2) is 0 Å². The summed E-state index contributed by atoms with van der Waals surface area (Å²) in [7, 11) is 0. The van der Waals surface area contributed by atoms with Gasteiger partial charge in [0.1, 0.15) is 6.04 Å². The molecule has 4 N–H and O–H groups in total. The van der Waals surface area contributed by atoms with E-state index in [1.807, 2.05) is 0 Å². The van der Waals surface area contributed by atoms with Gasteiger partial charge in [-0.1, -0.05) is 20.8 Å². The Hall–Kier alpha value is -1.79. The molecule has 0 saturated carbocycles. The van der Waals surface area contributed by atoms with Crippen LogP contribution >= 0.6 is 0 Å². The monoisotopic (exact) mass is 271 g/mol. The highest BCUT2D eigenvalue weighted by Gasteiger charge is 2.32. The maximum atomic E-state index is 11.6. The number of aliphatic carboxylic acids is 1. The lowest BCUT2D eigenvalue weighted by Gasteiger charge is -2.28. The van der Waals surface area contributed by atoms with Crippen LogP contribution in [0.4, 0.5) is 4.79 Å². The van der Waals surface area contributed by atoms with E-state index in [1.165, 1.54) is 0 Å². The van der Waals surface area contributed by atoms with E-state index in [0.717, 1.165) is 0 Å². The van der Waals surface area contributed by atoms with Gasteiger partial charge in [0.25, 0.3) is 0 Å². The summed E-state index contributed by atoms with van der Waals surface area (Å²) in [5.74, 6) is -1.10. The van der Waals surface area contributed by atoms with Crippen molar-refractivity contribution in [2.45, 2.75) is 45.7 Å². The molecule has 1 fully saturated rings. The second-order valence-electron chi connectivity index (χ2n) is 5.79. The third kappa shape index (κ3) is 4.76. The van der Waals surface area contributed by atoms with E-state index in [4.69, 9.17) is 5.11 Å². The fraction of sp³-hybridized carbons (Fsp3) is 0.750. The molecule has 0 bridgehead atoms. The van der Waals surface area contributed by atoms with E-state index in [-0.39, 0.29) is 11.9 Å². The zero-order chi connectivity index (χ0) is 14.6. The van der Waals surface area contributed by atoms with Crippen LogP contribution in [-0.4, -0.2) is 41.6 Å². The summed E-state index contributed by atoms with van der Waals surface area (Å²) in [5.41, 5.74) is -0.579. The van der Waals surface area contributed by atoms with Gasteiger partial charge < -0.3 is 21.1 Å². The summed E-state index contributed by atoms with van der Waals surface area (Å²) in [6, 6.07) is -1.58. The van der Waals surface area contributed by atoms with Gasteiger partial charge in [-0.05, 0) is 11.8 Å². The van der Waals surface area contributed by atoms with Crippen LogP contribution < -0.4 is 16.0 Å². The van der Waals surface area contributed by atoms with Crippen molar-refractivity contribution in [3.05, 3.63) is 0 Å². The number of amides is 3. The molecular formula is C12H21N3O4. The van der Waals surface area contributed by atoms with Crippen molar-refractivity contribution >= 4 is 17.9 Å². The molecule has 0 aromatic rings. The Morgan fingerprint density at radius 1 is 1.47 bits per heavy atom. The number of nitrogens with one attached hydrogen (secondary N) is 3. The van der Waals surface area contributed by atoms with Gasteiger partial charge in [0.05, 0.1) is 0 Å². The Labute approximate surface area is 112 Å². The Bertz CT molecular complexity index is 376. The average molecular weight is 271 g/mol.